The Morgan fingerprint density at radius 3 is 2.25 bits per heavy atom. The predicted molar refractivity (Wildman–Crippen MR) is 56.3 cm³/mol. The average Bonchev–Trinajstić information content (AvgIpc) is 2.16. The number of alkyl halides is 3. The van der Waals surface area contributed by atoms with Gasteiger partial charge >= 0.3 is 6.18 Å². The van der Waals surface area contributed by atoms with E-state index in [0.717, 1.165) is 5.56 Å². The van der Waals surface area contributed by atoms with Gasteiger partial charge in [0.15, 0.2) is 6.10 Å². The lowest BCUT2D eigenvalue weighted by atomic mass is 9.94. The molecule has 4 heteroatoms. The molecule has 1 atom stereocenters. The van der Waals surface area contributed by atoms with E-state index in [0.29, 0.717) is 5.56 Å². The third-order valence-electron chi connectivity index (χ3n) is 2.47. The van der Waals surface area contributed by atoms with E-state index in [4.69, 9.17) is 5.11 Å². The summed E-state index contributed by atoms with van der Waals surface area (Å²) in [6.07, 6.45) is -7.21. The van der Waals surface area contributed by atoms with Crippen molar-refractivity contribution in [3.8, 4) is 0 Å². The van der Waals surface area contributed by atoms with Crippen LogP contribution in [0.15, 0.2) is 24.3 Å². The Labute approximate surface area is 92.9 Å². The summed E-state index contributed by atoms with van der Waals surface area (Å²) in [5.74, 6) is 0.150. The Morgan fingerprint density at radius 1 is 1.19 bits per heavy atom. The molecule has 0 aliphatic heterocycles. The first-order valence-corrected chi connectivity index (χ1v) is 5.15. The van der Waals surface area contributed by atoms with Crippen molar-refractivity contribution < 1.29 is 18.3 Å². The zero-order valence-electron chi connectivity index (χ0n) is 9.25. The maximum absolute atomic E-state index is 12.2. The molecule has 0 saturated carbocycles. The molecule has 1 unspecified atom stereocenters. The monoisotopic (exact) mass is 232 g/mol. The highest BCUT2D eigenvalue weighted by Gasteiger charge is 2.38. The summed E-state index contributed by atoms with van der Waals surface area (Å²) in [7, 11) is 0. The SMILES string of the molecule is CC(C)c1ccccc1CC(O)C(F)(F)F. The van der Waals surface area contributed by atoms with Gasteiger partial charge in [-0.3, -0.25) is 0 Å². The first-order valence-electron chi connectivity index (χ1n) is 5.15. The van der Waals surface area contributed by atoms with Crippen molar-refractivity contribution >= 4 is 0 Å². The van der Waals surface area contributed by atoms with Crippen LogP contribution in [0.2, 0.25) is 0 Å². The topological polar surface area (TPSA) is 20.2 Å². The van der Waals surface area contributed by atoms with Crippen molar-refractivity contribution in [3.05, 3.63) is 35.4 Å². The zero-order chi connectivity index (χ0) is 12.3. The molecule has 0 radical (unpaired) electrons. The van der Waals surface area contributed by atoms with Crippen LogP contribution in [-0.2, 0) is 6.42 Å². The molecule has 0 saturated heterocycles. The third-order valence-corrected chi connectivity index (χ3v) is 2.47. The Kier molecular flexibility index (Phi) is 3.97. The van der Waals surface area contributed by atoms with Gasteiger partial charge in [-0.2, -0.15) is 13.2 Å². The number of aliphatic hydroxyl groups excluding tert-OH is 1. The molecule has 0 aliphatic rings. The van der Waals surface area contributed by atoms with Gasteiger partial charge in [-0.15, -0.1) is 0 Å². The molecule has 16 heavy (non-hydrogen) atoms. The molecular weight excluding hydrogens is 217 g/mol. The van der Waals surface area contributed by atoms with Gasteiger partial charge in [0.05, 0.1) is 0 Å². The molecule has 0 spiro atoms. The van der Waals surface area contributed by atoms with Gasteiger partial charge in [0.1, 0.15) is 0 Å². The van der Waals surface area contributed by atoms with Crippen LogP contribution in [0, 0.1) is 0 Å². The van der Waals surface area contributed by atoms with Crippen molar-refractivity contribution in [2.24, 2.45) is 0 Å². The molecule has 1 aromatic carbocycles. The molecule has 0 heterocycles. The smallest absolute Gasteiger partial charge is 0.383 e. The van der Waals surface area contributed by atoms with Crippen LogP contribution in [0.25, 0.3) is 0 Å². The number of aliphatic hydroxyl groups is 1. The van der Waals surface area contributed by atoms with E-state index >= 15 is 0 Å². The molecule has 0 fully saturated rings. The maximum Gasteiger partial charge on any atom is 0.414 e. The summed E-state index contributed by atoms with van der Waals surface area (Å²) in [5, 5.41) is 9.02. The molecule has 0 bridgehead atoms. The second-order valence-electron chi connectivity index (χ2n) is 4.12. The van der Waals surface area contributed by atoms with Crippen molar-refractivity contribution in [2.45, 2.75) is 38.5 Å². The van der Waals surface area contributed by atoms with E-state index in [2.05, 4.69) is 0 Å². The lowest BCUT2D eigenvalue weighted by Gasteiger charge is -2.18. The minimum absolute atomic E-state index is 0.150. The van der Waals surface area contributed by atoms with Crippen molar-refractivity contribution in [1.29, 1.82) is 0 Å². The second-order valence-corrected chi connectivity index (χ2v) is 4.12. The normalized spacial score (nSPS) is 14.2. The average molecular weight is 232 g/mol. The van der Waals surface area contributed by atoms with Gasteiger partial charge in [0.2, 0.25) is 0 Å². The first-order chi connectivity index (χ1) is 7.32. The van der Waals surface area contributed by atoms with Crippen LogP contribution >= 0.6 is 0 Å². The van der Waals surface area contributed by atoms with Gasteiger partial charge in [-0.05, 0) is 17.0 Å². The molecule has 90 valence electrons. The van der Waals surface area contributed by atoms with Crippen LogP contribution < -0.4 is 0 Å². The molecule has 1 nitrogen and oxygen atoms in total. The fraction of sp³-hybridized carbons (Fsp3) is 0.500. The molecule has 0 aromatic heterocycles. The lowest BCUT2D eigenvalue weighted by Crippen LogP contribution is -2.30. The molecule has 1 rings (SSSR count). The van der Waals surface area contributed by atoms with Gasteiger partial charge < -0.3 is 5.11 Å². The van der Waals surface area contributed by atoms with E-state index in [1.54, 1.807) is 24.3 Å². The van der Waals surface area contributed by atoms with E-state index < -0.39 is 12.3 Å². The standard InChI is InChI=1S/C12H15F3O/c1-8(2)10-6-4-3-5-9(10)7-11(16)12(13,14)15/h3-6,8,11,16H,7H2,1-2H3. The van der Waals surface area contributed by atoms with Crippen LogP contribution in [0.4, 0.5) is 13.2 Å². The number of hydrogen-bond donors (Lipinski definition) is 1. The minimum atomic E-state index is -4.55. The van der Waals surface area contributed by atoms with Crippen LogP contribution in [-0.4, -0.2) is 17.4 Å². The minimum Gasteiger partial charge on any atom is -0.383 e. The van der Waals surface area contributed by atoms with Gasteiger partial charge in [0, 0.05) is 6.42 Å². The zero-order valence-corrected chi connectivity index (χ0v) is 9.25. The fourth-order valence-corrected chi connectivity index (χ4v) is 1.61. The summed E-state index contributed by atoms with van der Waals surface area (Å²) in [6, 6.07) is 6.90. The Bertz CT molecular complexity index is 344. The highest BCUT2D eigenvalue weighted by Crippen LogP contribution is 2.26. The van der Waals surface area contributed by atoms with Gasteiger partial charge in [-0.1, -0.05) is 38.1 Å². The van der Waals surface area contributed by atoms with E-state index in [9.17, 15) is 13.2 Å². The second kappa shape index (κ2) is 4.87. The summed E-state index contributed by atoms with van der Waals surface area (Å²) in [5.41, 5.74) is 1.41. The summed E-state index contributed by atoms with van der Waals surface area (Å²) in [6.45, 7) is 3.83. The first kappa shape index (κ1) is 13.0. The van der Waals surface area contributed by atoms with Crippen LogP contribution in [0.1, 0.15) is 30.9 Å². The van der Waals surface area contributed by atoms with Crippen LogP contribution in [0.3, 0.4) is 0 Å². The van der Waals surface area contributed by atoms with E-state index in [1.165, 1.54) is 0 Å². The number of rotatable bonds is 3. The summed E-state index contributed by atoms with van der Waals surface area (Å²) in [4.78, 5) is 0. The molecule has 0 aliphatic carbocycles. The van der Waals surface area contributed by atoms with Crippen molar-refractivity contribution in [1.82, 2.24) is 0 Å². The summed E-state index contributed by atoms with van der Waals surface area (Å²) >= 11 is 0. The van der Waals surface area contributed by atoms with E-state index in [-0.39, 0.29) is 12.3 Å². The Morgan fingerprint density at radius 2 is 1.75 bits per heavy atom. The highest BCUT2D eigenvalue weighted by atomic mass is 19.4. The largest absolute Gasteiger partial charge is 0.414 e. The Hall–Kier alpha value is -1.03. The quantitative estimate of drug-likeness (QED) is 0.848. The molecule has 0 amide bonds. The molecule has 1 N–H and O–H groups in total. The predicted octanol–water partition coefficient (Wildman–Crippen LogP) is 3.28. The lowest BCUT2D eigenvalue weighted by molar-refractivity contribution is -0.203. The van der Waals surface area contributed by atoms with Gasteiger partial charge in [0.25, 0.3) is 0 Å². The van der Waals surface area contributed by atoms with E-state index in [1.807, 2.05) is 13.8 Å². The van der Waals surface area contributed by atoms with Crippen molar-refractivity contribution in [3.63, 3.8) is 0 Å². The maximum atomic E-state index is 12.2. The van der Waals surface area contributed by atoms with Gasteiger partial charge in [-0.25, -0.2) is 0 Å². The number of benzene rings is 1. The highest BCUT2D eigenvalue weighted by molar-refractivity contribution is 5.30. The number of halogens is 3. The molecular formula is C12H15F3O. The van der Waals surface area contributed by atoms with Crippen molar-refractivity contribution in [2.75, 3.05) is 0 Å². The number of hydrogen-bond acceptors (Lipinski definition) is 1. The van der Waals surface area contributed by atoms with Crippen LogP contribution in [0.5, 0.6) is 0 Å². The fourth-order valence-electron chi connectivity index (χ4n) is 1.61. The summed E-state index contributed by atoms with van der Waals surface area (Å²) < 4.78 is 36.7. The third kappa shape index (κ3) is 3.23. The Balaban J connectivity index is 2.89. The molecule has 1 aromatic rings.